The first-order chi connectivity index (χ1) is 10.2. The quantitative estimate of drug-likeness (QED) is 0.631. The smallest absolute Gasteiger partial charge is 0.335 e. The van der Waals surface area contributed by atoms with Crippen molar-refractivity contribution in [3.8, 4) is 0 Å². The molecular weight excluding hydrogens is 284 g/mol. The minimum Gasteiger partial charge on any atom is -0.478 e. The van der Waals surface area contributed by atoms with Crippen LogP contribution in [0.1, 0.15) is 31.8 Å². The molecule has 0 aliphatic heterocycles. The molecule has 0 spiro atoms. The molecule has 2 rings (SSSR count). The number of anilines is 2. The first kappa shape index (κ1) is 17.0. The molecule has 0 saturated carbocycles. The van der Waals surface area contributed by atoms with Crippen molar-refractivity contribution in [3.63, 3.8) is 0 Å². The van der Waals surface area contributed by atoms with Crippen molar-refractivity contribution in [3.05, 3.63) is 58.7 Å². The van der Waals surface area contributed by atoms with E-state index in [9.17, 15) is 9.59 Å². The maximum atomic E-state index is 10.5. The minimum absolute atomic E-state index is 0.305. The summed E-state index contributed by atoms with van der Waals surface area (Å²) in [6.07, 6.45) is 0. The molecule has 0 unspecified atom stereocenters. The number of carboxylic acids is 2. The van der Waals surface area contributed by atoms with E-state index in [2.05, 4.69) is 0 Å². The molecule has 0 saturated heterocycles. The van der Waals surface area contributed by atoms with Crippen LogP contribution in [0.15, 0.2) is 36.4 Å². The van der Waals surface area contributed by atoms with Gasteiger partial charge >= 0.3 is 11.9 Å². The largest absolute Gasteiger partial charge is 0.478 e. The van der Waals surface area contributed by atoms with E-state index in [1.165, 1.54) is 12.1 Å². The maximum Gasteiger partial charge on any atom is 0.335 e. The fourth-order valence-corrected chi connectivity index (χ4v) is 1.85. The van der Waals surface area contributed by atoms with Crippen LogP contribution in [0.5, 0.6) is 0 Å². The first-order valence-corrected chi connectivity index (χ1v) is 6.41. The van der Waals surface area contributed by atoms with Crippen LogP contribution in [-0.4, -0.2) is 22.2 Å². The second-order valence-electron chi connectivity index (χ2n) is 4.76. The molecule has 6 N–H and O–H groups in total. The Kier molecular flexibility index (Phi) is 5.51. The van der Waals surface area contributed by atoms with Gasteiger partial charge in [-0.15, -0.1) is 0 Å². The van der Waals surface area contributed by atoms with Crippen molar-refractivity contribution in [1.29, 1.82) is 0 Å². The van der Waals surface area contributed by atoms with Crippen molar-refractivity contribution in [2.24, 2.45) is 0 Å². The predicted molar refractivity (Wildman–Crippen MR) is 85.1 cm³/mol. The molecule has 0 aliphatic carbocycles. The zero-order chi connectivity index (χ0) is 16.9. The Bertz CT molecular complexity index is 650. The zero-order valence-electron chi connectivity index (χ0n) is 12.3. The number of carbonyl (C=O) groups is 2. The Morgan fingerprint density at radius 3 is 1.32 bits per heavy atom. The second-order valence-corrected chi connectivity index (χ2v) is 4.76. The Balaban J connectivity index is 0.000000220. The van der Waals surface area contributed by atoms with Gasteiger partial charge in [-0.1, -0.05) is 0 Å². The lowest BCUT2D eigenvalue weighted by molar-refractivity contribution is 0.0685. The molecule has 116 valence electrons. The summed E-state index contributed by atoms with van der Waals surface area (Å²) in [4.78, 5) is 21.0. The number of benzene rings is 2. The number of hydrogen-bond donors (Lipinski definition) is 4. The number of rotatable bonds is 2. The molecule has 0 radical (unpaired) electrons. The van der Waals surface area contributed by atoms with E-state index in [0.717, 1.165) is 0 Å². The highest BCUT2D eigenvalue weighted by molar-refractivity contribution is 5.90. The van der Waals surface area contributed by atoms with Crippen LogP contribution < -0.4 is 11.5 Å². The van der Waals surface area contributed by atoms with Gasteiger partial charge in [0.25, 0.3) is 0 Å². The van der Waals surface area contributed by atoms with Gasteiger partial charge in [0, 0.05) is 11.4 Å². The Labute approximate surface area is 128 Å². The highest BCUT2D eigenvalue weighted by Crippen LogP contribution is 2.12. The lowest BCUT2D eigenvalue weighted by atomic mass is 10.1. The zero-order valence-corrected chi connectivity index (χ0v) is 12.3. The summed E-state index contributed by atoms with van der Waals surface area (Å²) in [5, 5.41) is 17.2. The van der Waals surface area contributed by atoms with Crippen LogP contribution in [0.3, 0.4) is 0 Å². The van der Waals surface area contributed by atoms with Crippen molar-refractivity contribution < 1.29 is 19.8 Å². The van der Waals surface area contributed by atoms with Gasteiger partial charge in [0.2, 0.25) is 0 Å². The molecule has 0 amide bonds. The Morgan fingerprint density at radius 1 is 0.773 bits per heavy atom. The monoisotopic (exact) mass is 302 g/mol. The predicted octanol–water partition coefficient (Wildman–Crippen LogP) is 2.55. The summed E-state index contributed by atoms with van der Waals surface area (Å²) < 4.78 is 0. The van der Waals surface area contributed by atoms with E-state index >= 15 is 0 Å². The van der Waals surface area contributed by atoms with Gasteiger partial charge in [0.15, 0.2) is 0 Å². The summed E-state index contributed by atoms with van der Waals surface area (Å²) in [6.45, 7) is 3.44. The van der Waals surface area contributed by atoms with Crippen LogP contribution in [0.4, 0.5) is 11.4 Å². The van der Waals surface area contributed by atoms with Crippen molar-refractivity contribution in [2.45, 2.75) is 13.8 Å². The molecule has 0 fully saturated rings. The second kappa shape index (κ2) is 7.12. The maximum absolute atomic E-state index is 10.5. The number of nitrogen functional groups attached to an aromatic ring is 2. The summed E-state index contributed by atoms with van der Waals surface area (Å²) in [5.41, 5.74) is 14.0. The van der Waals surface area contributed by atoms with Gasteiger partial charge in [-0.05, 0) is 61.4 Å². The number of hydrogen-bond acceptors (Lipinski definition) is 4. The summed E-state index contributed by atoms with van der Waals surface area (Å²) in [5.74, 6) is -1.83. The van der Waals surface area contributed by atoms with E-state index in [-0.39, 0.29) is 0 Å². The normalized spacial score (nSPS) is 9.55. The molecule has 0 heterocycles. The molecule has 6 heteroatoms. The first-order valence-electron chi connectivity index (χ1n) is 6.41. The average Bonchev–Trinajstić information content (AvgIpc) is 2.38. The summed E-state index contributed by atoms with van der Waals surface area (Å²) in [7, 11) is 0. The number of carboxylic acid groups (broad SMARTS) is 2. The molecular formula is C16H18N2O4. The van der Waals surface area contributed by atoms with Crippen LogP contribution >= 0.6 is 0 Å². The van der Waals surface area contributed by atoms with Gasteiger partial charge in [-0.3, -0.25) is 0 Å². The molecule has 2 aromatic rings. The highest BCUT2D eigenvalue weighted by Gasteiger charge is 2.05. The van der Waals surface area contributed by atoms with Crippen LogP contribution in [-0.2, 0) is 0 Å². The van der Waals surface area contributed by atoms with Crippen LogP contribution in [0.25, 0.3) is 0 Å². The SMILES string of the molecule is Cc1cc(N)ccc1C(=O)O.Cc1cc(N)ccc1C(=O)O. The van der Waals surface area contributed by atoms with Gasteiger partial charge in [0.1, 0.15) is 0 Å². The molecule has 0 bridgehead atoms. The number of aromatic carboxylic acids is 2. The third-order valence-corrected chi connectivity index (χ3v) is 2.96. The summed E-state index contributed by atoms with van der Waals surface area (Å²) in [6, 6.07) is 9.46. The topological polar surface area (TPSA) is 127 Å². The van der Waals surface area contributed by atoms with E-state index in [1.807, 2.05) is 0 Å². The van der Waals surface area contributed by atoms with Gasteiger partial charge in [0.05, 0.1) is 11.1 Å². The molecule has 2 aromatic carbocycles. The van der Waals surface area contributed by atoms with E-state index in [4.69, 9.17) is 21.7 Å². The molecule has 0 aliphatic rings. The fraction of sp³-hybridized carbons (Fsp3) is 0.125. The lowest BCUT2D eigenvalue weighted by Crippen LogP contribution is -1.99. The van der Waals surface area contributed by atoms with E-state index < -0.39 is 11.9 Å². The Hall–Kier alpha value is -3.02. The third kappa shape index (κ3) is 4.52. The van der Waals surface area contributed by atoms with Crippen molar-refractivity contribution in [1.82, 2.24) is 0 Å². The minimum atomic E-state index is -0.914. The molecule has 22 heavy (non-hydrogen) atoms. The Morgan fingerprint density at radius 2 is 1.09 bits per heavy atom. The molecule has 0 atom stereocenters. The van der Waals surface area contributed by atoms with E-state index in [0.29, 0.717) is 33.6 Å². The third-order valence-electron chi connectivity index (χ3n) is 2.96. The average molecular weight is 302 g/mol. The van der Waals surface area contributed by atoms with Crippen molar-refractivity contribution in [2.75, 3.05) is 11.5 Å². The lowest BCUT2D eigenvalue weighted by Gasteiger charge is -2.00. The summed E-state index contributed by atoms with van der Waals surface area (Å²) >= 11 is 0. The van der Waals surface area contributed by atoms with Gasteiger partial charge in [-0.25, -0.2) is 9.59 Å². The fourth-order valence-electron chi connectivity index (χ4n) is 1.85. The van der Waals surface area contributed by atoms with Gasteiger partial charge < -0.3 is 21.7 Å². The standard InChI is InChI=1S/2C8H9NO2/c2*1-5-4-6(9)2-3-7(5)8(10)11/h2*2-4H,9H2,1H3,(H,10,11). The van der Waals surface area contributed by atoms with Crippen LogP contribution in [0, 0.1) is 13.8 Å². The highest BCUT2D eigenvalue weighted by atomic mass is 16.4. The van der Waals surface area contributed by atoms with Gasteiger partial charge in [-0.2, -0.15) is 0 Å². The molecule has 0 aromatic heterocycles. The van der Waals surface area contributed by atoms with Crippen molar-refractivity contribution >= 4 is 23.3 Å². The number of nitrogens with two attached hydrogens (primary N) is 2. The number of aryl methyl sites for hydroxylation is 2. The van der Waals surface area contributed by atoms with E-state index in [1.54, 1.807) is 38.1 Å². The van der Waals surface area contributed by atoms with Crippen LogP contribution in [0.2, 0.25) is 0 Å². The molecule has 6 nitrogen and oxygen atoms in total.